The summed E-state index contributed by atoms with van der Waals surface area (Å²) in [6.45, 7) is 6.52. The molecule has 14 heavy (non-hydrogen) atoms. The fourth-order valence-electron chi connectivity index (χ4n) is 1.56. The highest BCUT2D eigenvalue weighted by molar-refractivity contribution is 7.99. The highest BCUT2D eigenvalue weighted by Crippen LogP contribution is 2.32. The summed E-state index contributed by atoms with van der Waals surface area (Å²) in [6, 6.07) is 1.07. The molecule has 1 N–H and O–H groups in total. The minimum Gasteiger partial charge on any atom is -0.298 e. The Morgan fingerprint density at radius 1 is 1.64 bits per heavy atom. The average Bonchev–Trinajstić information content (AvgIpc) is 2.70. The molecule has 0 aliphatic carbocycles. The Hall–Kier alpha value is -0.480. The highest BCUT2D eigenvalue weighted by Gasteiger charge is 2.23. The second-order valence-corrected chi connectivity index (χ2v) is 5.27. The van der Waals surface area contributed by atoms with E-state index in [0.717, 1.165) is 0 Å². The van der Waals surface area contributed by atoms with E-state index in [1.54, 1.807) is 0 Å². The molecule has 0 amide bonds. The summed E-state index contributed by atoms with van der Waals surface area (Å²) >= 11 is 1.96. The molecule has 78 valence electrons. The fourth-order valence-corrected chi connectivity index (χ4v) is 2.78. The summed E-state index contributed by atoms with van der Waals surface area (Å²) in [5.41, 5.74) is 1.30. The number of aromatic nitrogens is 2. The van der Waals surface area contributed by atoms with Gasteiger partial charge >= 0.3 is 0 Å². The lowest BCUT2D eigenvalue weighted by Gasteiger charge is -2.08. The van der Waals surface area contributed by atoms with E-state index >= 15 is 0 Å². The Kier molecular flexibility index (Phi) is 2.83. The van der Waals surface area contributed by atoms with E-state index in [1.807, 2.05) is 22.6 Å². The van der Waals surface area contributed by atoms with Crippen molar-refractivity contribution < 1.29 is 0 Å². The molecule has 0 saturated carbocycles. The van der Waals surface area contributed by atoms with Crippen LogP contribution in [-0.2, 0) is 0 Å². The molecule has 1 aliphatic rings. The van der Waals surface area contributed by atoms with Gasteiger partial charge in [-0.1, -0.05) is 0 Å². The van der Waals surface area contributed by atoms with Crippen LogP contribution < -0.4 is 5.32 Å². The summed E-state index contributed by atoms with van der Waals surface area (Å²) < 4.78 is 2.01. The third-order valence-corrected chi connectivity index (χ3v) is 3.84. The van der Waals surface area contributed by atoms with Gasteiger partial charge in [0.15, 0.2) is 0 Å². The molecule has 1 aliphatic heterocycles. The van der Waals surface area contributed by atoms with Gasteiger partial charge in [0.25, 0.3) is 0 Å². The van der Waals surface area contributed by atoms with Crippen LogP contribution in [0.15, 0.2) is 12.4 Å². The van der Waals surface area contributed by atoms with Crippen LogP contribution in [-0.4, -0.2) is 21.6 Å². The summed E-state index contributed by atoms with van der Waals surface area (Å²) in [5, 5.41) is 8.32. The second-order valence-electron chi connectivity index (χ2n) is 4.13. The maximum atomic E-state index is 4.35. The molecular formula is C10H17N3S. The van der Waals surface area contributed by atoms with Gasteiger partial charge in [0, 0.05) is 29.6 Å². The molecular weight excluding hydrogens is 194 g/mol. The van der Waals surface area contributed by atoms with Gasteiger partial charge in [0.2, 0.25) is 0 Å². The molecule has 0 spiro atoms. The Bertz CT molecular complexity index is 308. The molecule has 0 radical (unpaired) electrons. The molecule has 1 fully saturated rings. The molecule has 2 unspecified atom stereocenters. The maximum absolute atomic E-state index is 4.35. The normalized spacial score (nSPS) is 27.4. The monoisotopic (exact) mass is 211 g/mol. The van der Waals surface area contributed by atoms with Crippen LogP contribution in [0.3, 0.4) is 0 Å². The lowest BCUT2D eigenvalue weighted by molar-refractivity contribution is 0.531. The van der Waals surface area contributed by atoms with Crippen molar-refractivity contribution in [2.75, 3.05) is 5.75 Å². The molecule has 1 saturated heterocycles. The molecule has 1 aromatic rings. The van der Waals surface area contributed by atoms with Gasteiger partial charge in [0.05, 0.1) is 11.6 Å². The molecule has 3 nitrogen and oxygen atoms in total. The number of rotatable bonds is 2. The zero-order valence-corrected chi connectivity index (χ0v) is 9.71. The first-order valence-corrected chi connectivity index (χ1v) is 6.13. The van der Waals surface area contributed by atoms with Gasteiger partial charge < -0.3 is 0 Å². The van der Waals surface area contributed by atoms with Crippen molar-refractivity contribution in [2.24, 2.45) is 0 Å². The van der Waals surface area contributed by atoms with Crippen LogP contribution in [0, 0.1) is 0 Å². The van der Waals surface area contributed by atoms with Crippen LogP contribution in [0.25, 0.3) is 0 Å². The van der Waals surface area contributed by atoms with E-state index < -0.39 is 0 Å². The fraction of sp³-hybridized carbons (Fsp3) is 0.700. The predicted molar refractivity (Wildman–Crippen MR) is 60.4 cm³/mol. The number of nitrogens with one attached hydrogen (secondary N) is 1. The minimum absolute atomic E-state index is 0.442. The van der Waals surface area contributed by atoms with E-state index in [0.29, 0.717) is 17.5 Å². The summed E-state index contributed by atoms with van der Waals surface area (Å²) in [7, 11) is 0. The van der Waals surface area contributed by atoms with Crippen molar-refractivity contribution >= 4 is 11.8 Å². The Labute approximate surface area is 89.3 Å². The molecule has 2 heterocycles. The minimum atomic E-state index is 0.442. The standard InChI is InChI=1S/C10H17N3S/c1-7(2)13-5-9(4-11-13)10-12-8(3)6-14-10/h4-5,7-8,10,12H,6H2,1-3H3. The van der Waals surface area contributed by atoms with Crippen LogP contribution >= 0.6 is 11.8 Å². The maximum Gasteiger partial charge on any atom is 0.0822 e. The average molecular weight is 211 g/mol. The quantitative estimate of drug-likeness (QED) is 0.813. The Morgan fingerprint density at radius 2 is 2.43 bits per heavy atom. The third-order valence-electron chi connectivity index (χ3n) is 2.40. The number of hydrogen-bond acceptors (Lipinski definition) is 3. The van der Waals surface area contributed by atoms with Gasteiger partial charge in [-0.15, -0.1) is 11.8 Å². The number of hydrogen-bond donors (Lipinski definition) is 1. The smallest absolute Gasteiger partial charge is 0.0822 e. The van der Waals surface area contributed by atoms with E-state index in [1.165, 1.54) is 11.3 Å². The SMILES string of the molecule is CC1CSC(c2cnn(C(C)C)c2)N1. The van der Waals surface area contributed by atoms with Crippen molar-refractivity contribution in [1.29, 1.82) is 0 Å². The van der Waals surface area contributed by atoms with Crippen molar-refractivity contribution in [2.45, 2.75) is 38.2 Å². The summed E-state index contributed by atoms with van der Waals surface area (Å²) in [6.07, 6.45) is 4.12. The molecule has 2 atom stereocenters. The van der Waals surface area contributed by atoms with Crippen LogP contribution in [0.1, 0.15) is 37.8 Å². The first kappa shape index (κ1) is 10.1. The first-order valence-electron chi connectivity index (χ1n) is 5.08. The van der Waals surface area contributed by atoms with Crippen LogP contribution in [0.2, 0.25) is 0 Å². The Morgan fingerprint density at radius 3 is 2.93 bits per heavy atom. The van der Waals surface area contributed by atoms with Crippen molar-refractivity contribution in [1.82, 2.24) is 15.1 Å². The van der Waals surface area contributed by atoms with Gasteiger partial charge in [-0.05, 0) is 20.8 Å². The van der Waals surface area contributed by atoms with E-state index in [-0.39, 0.29) is 0 Å². The van der Waals surface area contributed by atoms with Gasteiger partial charge in [0.1, 0.15) is 0 Å². The van der Waals surface area contributed by atoms with Crippen LogP contribution in [0.5, 0.6) is 0 Å². The molecule has 0 aromatic carbocycles. The van der Waals surface area contributed by atoms with Gasteiger partial charge in [-0.3, -0.25) is 10.00 Å². The van der Waals surface area contributed by atoms with E-state index in [2.05, 4.69) is 37.4 Å². The third kappa shape index (κ3) is 1.96. The lowest BCUT2D eigenvalue weighted by Crippen LogP contribution is -2.21. The number of nitrogens with zero attached hydrogens (tertiary/aromatic N) is 2. The van der Waals surface area contributed by atoms with Crippen LogP contribution in [0.4, 0.5) is 0 Å². The van der Waals surface area contributed by atoms with Crippen molar-refractivity contribution in [3.05, 3.63) is 18.0 Å². The first-order chi connectivity index (χ1) is 6.66. The van der Waals surface area contributed by atoms with Crippen molar-refractivity contribution in [3.8, 4) is 0 Å². The van der Waals surface area contributed by atoms with E-state index in [9.17, 15) is 0 Å². The number of thioether (sulfide) groups is 1. The van der Waals surface area contributed by atoms with Gasteiger partial charge in [-0.25, -0.2) is 0 Å². The van der Waals surface area contributed by atoms with E-state index in [4.69, 9.17) is 0 Å². The summed E-state index contributed by atoms with van der Waals surface area (Å²) in [5.74, 6) is 1.19. The van der Waals surface area contributed by atoms with Crippen molar-refractivity contribution in [3.63, 3.8) is 0 Å². The summed E-state index contributed by atoms with van der Waals surface area (Å²) in [4.78, 5) is 0. The zero-order valence-electron chi connectivity index (χ0n) is 8.90. The van der Waals surface area contributed by atoms with Gasteiger partial charge in [-0.2, -0.15) is 5.10 Å². The molecule has 4 heteroatoms. The molecule has 2 rings (SSSR count). The topological polar surface area (TPSA) is 29.9 Å². The predicted octanol–water partition coefficient (Wildman–Crippen LogP) is 2.19. The largest absolute Gasteiger partial charge is 0.298 e. The zero-order chi connectivity index (χ0) is 10.1. The molecule has 1 aromatic heterocycles. The lowest BCUT2D eigenvalue weighted by atomic mass is 10.3. The molecule has 0 bridgehead atoms. The second kappa shape index (κ2) is 3.95. The highest BCUT2D eigenvalue weighted by atomic mass is 32.2. The Balaban J connectivity index is 2.09.